The van der Waals surface area contributed by atoms with E-state index < -0.39 is 0 Å². The highest BCUT2D eigenvalue weighted by atomic mass is 16.4. The van der Waals surface area contributed by atoms with Gasteiger partial charge in [0.25, 0.3) is 0 Å². The third-order valence-corrected chi connectivity index (χ3v) is 4.30. The molecule has 1 aliphatic rings. The number of nitrogens with zero attached hydrogens (tertiary/aromatic N) is 2. The summed E-state index contributed by atoms with van der Waals surface area (Å²) in [6.45, 7) is 7.70. The highest BCUT2D eigenvalue weighted by Crippen LogP contribution is 2.29. The number of hydrogen-bond donors (Lipinski definition) is 2. The Bertz CT molecular complexity index is 484. The van der Waals surface area contributed by atoms with Gasteiger partial charge < -0.3 is 15.8 Å². The molecule has 2 atom stereocenters. The van der Waals surface area contributed by atoms with Crippen molar-refractivity contribution in [2.75, 3.05) is 11.4 Å². The van der Waals surface area contributed by atoms with Crippen LogP contribution in [0.2, 0.25) is 0 Å². The number of aryl methyl sites for hydroxylation is 1. The van der Waals surface area contributed by atoms with Crippen molar-refractivity contribution in [2.24, 2.45) is 16.8 Å². The molecular formula is C15H23N3O. The number of rotatable bonds is 2. The molecule has 2 unspecified atom stereocenters. The van der Waals surface area contributed by atoms with Crippen molar-refractivity contribution in [1.82, 2.24) is 0 Å². The van der Waals surface area contributed by atoms with Gasteiger partial charge in [-0.1, -0.05) is 12.1 Å². The second-order valence-electron chi connectivity index (χ2n) is 5.54. The summed E-state index contributed by atoms with van der Waals surface area (Å²) in [4.78, 5) is 2.46. The van der Waals surface area contributed by atoms with E-state index in [1.807, 2.05) is 13.0 Å². The van der Waals surface area contributed by atoms with Gasteiger partial charge in [0, 0.05) is 23.8 Å². The molecule has 0 amide bonds. The summed E-state index contributed by atoms with van der Waals surface area (Å²) < 4.78 is 0. The van der Waals surface area contributed by atoms with Gasteiger partial charge in [-0.25, -0.2) is 0 Å². The molecular weight excluding hydrogens is 238 g/mol. The van der Waals surface area contributed by atoms with Crippen LogP contribution in [0.3, 0.4) is 0 Å². The zero-order valence-electron chi connectivity index (χ0n) is 11.9. The zero-order valence-corrected chi connectivity index (χ0v) is 11.9. The van der Waals surface area contributed by atoms with Crippen LogP contribution in [0.15, 0.2) is 23.4 Å². The normalized spacial score (nSPS) is 24.6. The van der Waals surface area contributed by atoms with Crippen molar-refractivity contribution in [3.05, 3.63) is 29.3 Å². The fourth-order valence-corrected chi connectivity index (χ4v) is 2.87. The van der Waals surface area contributed by atoms with Crippen LogP contribution >= 0.6 is 0 Å². The van der Waals surface area contributed by atoms with Gasteiger partial charge in [-0.05, 0) is 56.4 Å². The maximum Gasteiger partial charge on any atom is 0.170 e. The van der Waals surface area contributed by atoms with E-state index >= 15 is 0 Å². The monoisotopic (exact) mass is 261 g/mol. The van der Waals surface area contributed by atoms with Crippen LogP contribution in [0.4, 0.5) is 5.69 Å². The van der Waals surface area contributed by atoms with Crippen LogP contribution in [-0.4, -0.2) is 23.6 Å². The van der Waals surface area contributed by atoms with Crippen LogP contribution in [0.25, 0.3) is 0 Å². The Kier molecular flexibility index (Phi) is 3.98. The van der Waals surface area contributed by atoms with E-state index in [0.29, 0.717) is 6.04 Å². The average molecular weight is 261 g/mol. The third-order valence-electron chi connectivity index (χ3n) is 4.30. The molecule has 0 saturated carbocycles. The van der Waals surface area contributed by atoms with Crippen molar-refractivity contribution in [3.8, 4) is 0 Å². The second kappa shape index (κ2) is 5.51. The van der Waals surface area contributed by atoms with Gasteiger partial charge in [-0.15, -0.1) is 0 Å². The van der Waals surface area contributed by atoms with Gasteiger partial charge in [-0.3, -0.25) is 0 Å². The summed E-state index contributed by atoms with van der Waals surface area (Å²) in [6.07, 6.45) is 2.55. The van der Waals surface area contributed by atoms with E-state index in [1.54, 1.807) is 0 Å². The number of oxime groups is 1. The Morgan fingerprint density at radius 2 is 2.16 bits per heavy atom. The lowest BCUT2D eigenvalue weighted by atomic mass is 9.91. The van der Waals surface area contributed by atoms with Gasteiger partial charge in [-0.2, -0.15) is 0 Å². The highest BCUT2D eigenvalue weighted by molar-refractivity contribution is 5.98. The van der Waals surface area contributed by atoms with Crippen LogP contribution in [-0.2, 0) is 0 Å². The van der Waals surface area contributed by atoms with Crippen molar-refractivity contribution in [1.29, 1.82) is 0 Å². The Balaban J connectivity index is 2.29. The van der Waals surface area contributed by atoms with Crippen LogP contribution in [0, 0.1) is 12.8 Å². The van der Waals surface area contributed by atoms with Crippen molar-refractivity contribution >= 4 is 11.5 Å². The molecule has 4 nitrogen and oxygen atoms in total. The first-order valence-corrected chi connectivity index (χ1v) is 6.89. The van der Waals surface area contributed by atoms with Crippen molar-refractivity contribution in [3.63, 3.8) is 0 Å². The molecule has 104 valence electrons. The standard InChI is InChI=1S/C15H23N3O/c1-10-5-4-8-18(12(10)3)13-6-7-14(11(2)9-13)15(16)17-19/h6-7,9-10,12,19H,4-5,8H2,1-3H3,(H2,16,17). The number of hydrogen-bond acceptors (Lipinski definition) is 3. The second-order valence-corrected chi connectivity index (χ2v) is 5.54. The van der Waals surface area contributed by atoms with Crippen LogP contribution < -0.4 is 10.6 Å². The molecule has 19 heavy (non-hydrogen) atoms. The minimum Gasteiger partial charge on any atom is -0.409 e. The molecule has 0 bridgehead atoms. The number of benzene rings is 1. The smallest absolute Gasteiger partial charge is 0.170 e. The lowest BCUT2D eigenvalue weighted by molar-refractivity contribution is 0.318. The Morgan fingerprint density at radius 1 is 1.42 bits per heavy atom. The first-order chi connectivity index (χ1) is 9.04. The maximum atomic E-state index is 8.76. The third kappa shape index (κ3) is 2.67. The molecule has 1 saturated heterocycles. The molecule has 0 aliphatic carbocycles. The maximum absolute atomic E-state index is 8.76. The van der Waals surface area contributed by atoms with E-state index in [2.05, 4.69) is 36.0 Å². The fraction of sp³-hybridized carbons (Fsp3) is 0.533. The largest absolute Gasteiger partial charge is 0.409 e. The Labute approximate surface area is 114 Å². The molecule has 1 aromatic rings. The SMILES string of the molecule is Cc1cc(N2CCCC(C)C2C)ccc1/C(N)=N/O. The number of piperidine rings is 1. The zero-order chi connectivity index (χ0) is 14.0. The lowest BCUT2D eigenvalue weighted by Gasteiger charge is -2.40. The van der Waals surface area contributed by atoms with Gasteiger partial charge in [0.2, 0.25) is 0 Å². The summed E-state index contributed by atoms with van der Waals surface area (Å²) in [7, 11) is 0. The molecule has 3 N–H and O–H groups in total. The van der Waals surface area contributed by atoms with Gasteiger partial charge in [0.05, 0.1) is 0 Å². The number of nitrogens with two attached hydrogens (primary N) is 1. The first-order valence-electron chi connectivity index (χ1n) is 6.89. The summed E-state index contributed by atoms with van der Waals surface area (Å²) in [5.41, 5.74) is 8.72. The number of anilines is 1. The van der Waals surface area contributed by atoms with E-state index in [0.717, 1.165) is 23.6 Å². The molecule has 0 aromatic heterocycles. The molecule has 0 spiro atoms. The number of amidine groups is 1. The van der Waals surface area contributed by atoms with Crippen LogP contribution in [0.5, 0.6) is 0 Å². The summed E-state index contributed by atoms with van der Waals surface area (Å²) >= 11 is 0. The molecule has 4 heteroatoms. The summed E-state index contributed by atoms with van der Waals surface area (Å²) in [6, 6.07) is 6.69. The van der Waals surface area contributed by atoms with Crippen molar-refractivity contribution < 1.29 is 5.21 Å². The lowest BCUT2D eigenvalue weighted by Crippen LogP contribution is -2.42. The Morgan fingerprint density at radius 3 is 2.79 bits per heavy atom. The predicted octanol–water partition coefficient (Wildman–Crippen LogP) is 2.71. The fourth-order valence-electron chi connectivity index (χ4n) is 2.87. The topological polar surface area (TPSA) is 61.8 Å². The van der Waals surface area contributed by atoms with Crippen molar-refractivity contribution in [2.45, 2.75) is 39.7 Å². The van der Waals surface area contributed by atoms with E-state index in [-0.39, 0.29) is 5.84 Å². The molecule has 1 aromatic carbocycles. The Hall–Kier alpha value is -1.71. The molecule has 1 fully saturated rings. The highest BCUT2D eigenvalue weighted by Gasteiger charge is 2.25. The van der Waals surface area contributed by atoms with Gasteiger partial charge in [0.1, 0.15) is 0 Å². The quantitative estimate of drug-likeness (QED) is 0.372. The molecule has 1 aliphatic heterocycles. The van der Waals surface area contributed by atoms with E-state index in [4.69, 9.17) is 10.9 Å². The van der Waals surface area contributed by atoms with Gasteiger partial charge in [0.15, 0.2) is 5.84 Å². The minimum atomic E-state index is 0.170. The molecule has 0 radical (unpaired) electrons. The molecule has 1 heterocycles. The minimum absolute atomic E-state index is 0.170. The average Bonchev–Trinajstić information content (AvgIpc) is 2.41. The van der Waals surface area contributed by atoms with Crippen LogP contribution in [0.1, 0.15) is 37.8 Å². The predicted molar refractivity (Wildman–Crippen MR) is 78.9 cm³/mol. The van der Waals surface area contributed by atoms with Gasteiger partial charge >= 0.3 is 0 Å². The first kappa shape index (κ1) is 13.7. The van der Waals surface area contributed by atoms with E-state index in [1.165, 1.54) is 18.5 Å². The van der Waals surface area contributed by atoms with E-state index in [9.17, 15) is 0 Å². The molecule has 2 rings (SSSR count). The summed E-state index contributed by atoms with van der Waals surface area (Å²) in [5, 5.41) is 11.8. The summed E-state index contributed by atoms with van der Waals surface area (Å²) in [5.74, 6) is 0.891.